The third-order valence-electron chi connectivity index (χ3n) is 4.50. The molecule has 0 unspecified atom stereocenters. The molecule has 2 aromatic heterocycles. The summed E-state index contributed by atoms with van der Waals surface area (Å²) in [6, 6.07) is 16.0. The Morgan fingerprint density at radius 3 is 2.70 bits per heavy atom. The number of rotatable bonds is 5. The number of hydrogen-bond donors (Lipinski definition) is 1. The maximum absolute atomic E-state index is 12.8. The van der Waals surface area contributed by atoms with E-state index in [0.29, 0.717) is 15.8 Å². The van der Waals surface area contributed by atoms with Gasteiger partial charge in [0.25, 0.3) is 11.2 Å². The van der Waals surface area contributed by atoms with Crippen molar-refractivity contribution >= 4 is 38.8 Å². The van der Waals surface area contributed by atoms with Crippen LogP contribution >= 0.6 is 11.3 Å². The summed E-state index contributed by atoms with van der Waals surface area (Å²) in [5.41, 5.74) is 1.80. The first-order valence-electron chi connectivity index (χ1n) is 9.01. The minimum atomic E-state index is -0.556. The second kappa shape index (κ2) is 7.88. The zero-order valence-electron chi connectivity index (χ0n) is 15.9. The fourth-order valence-corrected chi connectivity index (χ4v) is 4.11. The van der Waals surface area contributed by atoms with Crippen LogP contribution < -0.4 is 10.9 Å². The number of aromatic nitrogens is 2. The van der Waals surface area contributed by atoms with Gasteiger partial charge in [0, 0.05) is 10.9 Å². The third kappa shape index (κ3) is 3.83. The van der Waals surface area contributed by atoms with Gasteiger partial charge >= 0.3 is 0 Å². The number of carbonyl (C=O) groups excluding carboxylic acids is 1. The van der Waals surface area contributed by atoms with Crippen molar-refractivity contribution in [2.45, 2.75) is 13.5 Å². The van der Waals surface area contributed by atoms with E-state index in [-0.39, 0.29) is 23.5 Å². The summed E-state index contributed by atoms with van der Waals surface area (Å²) in [5.74, 6) is -0.551. The molecular formula is C21H16N4O4S. The number of nitro groups is 1. The molecule has 150 valence electrons. The average Bonchev–Trinajstić information content (AvgIpc) is 3.17. The van der Waals surface area contributed by atoms with Crippen molar-refractivity contribution in [3.63, 3.8) is 0 Å². The average molecular weight is 420 g/mol. The Hall–Kier alpha value is -3.85. The van der Waals surface area contributed by atoms with Gasteiger partial charge < -0.3 is 5.32 Å². The number of anilines is 1. The predicted molar refractivity (Wildman–Crippen MR) is 116 cm³/mol. The molecule has 0 fully saturated rings. The van der Waals surface area contributed by atoms with Gasteiger partial charge in [0.05, 0.1) is 16.8 Å². The molecule has 0 saturated carbocycles. The van der Waals surface area contributed by atoms with Crippen LogP contribution in [0.5, 0.6) is 0 Å². The normalized spacial score (nSPS) is 10.8. The van der Waals surface area contributed by atoms with Crippen LogP contribution in [0.1, 0.15) is 5.56 Å². The molecule has 1 amide bonds. The minimum Gasteiger partial charge on any atom is -0.319 e. The van der Waals surface area contributed by atoms with E-state index in [1.807, 2.05) is 36.4 Å². The maximum Gasteiger partial charge on any atom is 0.293 e. The van der Waals surface area contributed by atoms with Crippen LogP contribution in [0.15, 0.2) is 65.7 Å². The van der Waals surface area contributed by atoms with Crippen LogP contribution in [0.4, 0.5) is 11.4 Å². The lowest BCUT2D eigenvalue weighted by atomic mass is 10.2. The summed E-state index contributed by atoms with van der Waals surface area (Å²) in [7, 11) is 0. The SMILES string of the molecule is Cc1ccc(NC(=O)Cn2cnc3cc(-c4ccccc4)sc3c2=O)c([N+](=O)[O-])c1. The van der Waals surface area contributed by atoms with Crippen LogP contribution in [0.2, 0.25) is 0 Å². The first-order valence-corrected chi connectivity index (χ1v) is 9.83. The Kier molecular flexibility index (Phi) is 5.11. The van der Waals surface area contributed by atoms with E-state index < -0.39 is 10.8 Å². The van der Waals surface area contributed by atoms with Crippen LogP contribution in [-0.4, -0.2) is 20.4 Å². The highest BCUT2D eigenvalue weighted by Gasteiger charge is 2.17. The predicted octanol–water partition coefficient (Wildman–Crippen LogP) is 3.98. The van der Waals surface area contributed by atoms with Crippen molar-refractivity contribution in [1.82, 2.24) is 9.55 Å². The first-order chi connectivity index (χ1) is 14.4. The van der Waals surface area contributed by atoms with Crippen molar-refractivity contribution in [2.24, 2.45) is 0 Å². The number of thiophene rings is 1. The molecule has 2 heterocycles. The second-order valence-corrected chi connectivity index (χ2v) is 7.75. The Balaban J connectivity index is 1.60. The van der Waals surface area contributed by atoms with Gasteiger partial charge in [-0.3, -0.25) is 24.3 Å². The van der Waals surface area contributed by atoms with Gasteiger partial charge in [-0.15, -0.1) is 11.3 Å². The minimum absolute atomic E-state index is 0.0835. The van der Waals surface area contributed by atoms with Crippen LogP contribution in [0.25, 0.3) is 20.7 Å². The van der Waals surface area contributed by atoms with Gasteiger partial charge in [-0.1, -0.05) is 36.4 Å². The monoisotopic (exact) mass is 420 g/mol. The molecule has 0 bridgehead atoms. The van der Waals surface area contributed by atoms with Gasteiger partial charge in [0.1, 0.15) is 16.9 Å². The first kappa shape index (κ1) is 19.5. The Morgan fingerprint density at radius 1 is 1.20 bits per heavy atom. The van der Waals surface area contributed by atoms with E-state index in [4.69, 9.17) is 0 Å². The summed E-state index contributed by atoms with van der Waals surface area (Å²) in [6.45, 7) is 1.43. The molecule has 4 aromatic rings. The highest BCUT2D eigenvalue weighted by atomic mass is 32.1. The zero-order chi connectivity index (χ0) is 21.3. The summed E-state index contributed by atoms with van der Waals surface area (Å²) in [6.07, 6.45) is 1.31. The van der Waals surface area contributed by atoms with Crippen LogP contribution in [-0.2, 0) is 11.3 Å². The fourth-order valence-electron chi connectivity index (χ4n) is 3.05. The summed E-state index contributed by atoms with van der Waals surface area (Å²) in [5, 5.41) is 13.7. The Labute approximate surface area is 174 Å². The molecule has 30 heavy (non-hydrogen) atoms. The van der Waals surface area contributed by atoms with E-state index in [0.717, 1.165) is 10.4 Å². The topological polar surface area (TPSA) is 107 Å². The van der Waals surface area contributed by atoms with Crippen LogP contribution in [0.3, 0.4) is 0 Å². The number of hydrogen-bond acceptors (Lipinski definition) is 6. The van der Waals surface area contributed by atoms with Crippen molar-refractivity contribution < 1.29 is 9.72 Å². The zero-order valence-corrected chi connectivity index (χ0v) is 16.7. The van der Waals surface area contributed by atoms with Gasteiger partial charge in [0.15, 0.2) is 0 Å². The lowest BCUT2D eigenvalue weighted by Gasteiger charge is -2.08. The van der Waals surface area contributed by atoms with Gasteiger partial charge in [0.2, 0.25) is 5.91 Å². The molecule has 0 spiro atoms. The highest BCUT2D eigenvalue weighted by Crippen LogP contribution is 2.30. The van der Waals surface area contributed by atoms with E-state index in [1.54, 1.807) is 13.0 Å². The number of nitrogens with zero attached hydrogens (tertiary/aromatic N) is 3. The number of aryl methyl sites for hydroxylation is 1. The molecule has 0 radical (unpaired) electrons. The van der Waals surface area contributed by atoms with E-state index in [1.165, 1.54) is 34.4 Å². The molecular weight excluding hydrogens is 404 g/mol. The lowest BCUT2D eigenvalue weighted by Crippen LogP contribution is -2.27. The van der Waals surface area contributed by atoms with Crippen molar-refractivity contribution in [3.05, 3.63) is 87.0 Å². The fraction of sp³-hybridized carbons (Fsp3) is 0.0952. The molecule has 9 heteroatoms. The van der Waals surface area contributed by atoms with E-state index >= 15 is 0 Å². The number of nitro benzene ring substituents is 1. The van der Waals surface area contributed by atoms with Crippen molar-refractivity contribution in [3.8, 4) is 10.4 Å². The van der Waals surface area contributed by atoms with E-state index in [2.05, 4.69) is 10.3 Å². The maximum atomic E-state index is 12.8. The lowest BCUT2D eigenvalue weighted by molar-refractivity contribution is -0.384. The van der Waals surface area contributed by atoms with E-state index in [9.17, 15) is 19.7 Å². The highest BCUT2D eigenvalue weighted by molar-refractivity contribution is 7.22. The summed E-state index contributed by atoms with van der Waals surface area (Å²) >= 11 is 1.31. The number of amides is 1. The third-order valence-corrected chi connectivity index (χ3v) is 5.66. The molecule has 8 nitrogen and oxygen atoms in total. The molecule has 0 saturated heterocycles. The summed E-state index contributed by atoms with van der Waals surface area (Å²) in [4.78, 5) is 41.1. The molecule has 4 rings (SSSR count). The number of benzene rings is 2. The van der Waals surface area contributed by atoms with Crippen LogP contribution in [0, 0.1) is 17.0 Å². The molecule has 0 aliphatic heterocycles. The Morgan fingerprint density at radius 2 is 1.97 bits per heavy atom. The second-order valence-electron chi connectivity index (χ2n) is 6.69. The van der Waals surface area contributed by atoms with Crippen molar-refractivity contribution in [1.29, 1.82) is 0 Å². The smallest absolute Gasteiger partial charge is 0.293 e. The molecule has 0 atom stereocenters. The van der Waals surface area contributed by atoms with Gasteiger partial charge in [-0.25, -0.2) is 4.98 Å². The largest absolute Gasteiger partial charge is 0.319 e. The molecule has 0 aliphatic carbocycles. The Bertz CT molecular complexity index is 1330. The molecule has 1 N–H and O–H groups in total. The number of fused-ring (bicyclic) bond motifs is 1. The number of carbonyl (C=O) groups is 1. The molecule has 0 aliphatic rings. The summed E-state index contributed by atoms with van der Waals surface area (Å²) < 4.78 is 1.65. The van der Waals surface area contributed by atoms with Gasteiger partial charge in [-0.05, 0) is 30.2 Å². The van der Waals surface area contributed by atoms with Crippen molar-refractivity contribution in [2.75, 3.05) is 5.32 Å². The number of nitrogens with one attached hydrogen (secondary N) is 1. The quantitative estimate of drug-likeness (QED) is 0.388. The van der Waals surface area contributed by atoms with Gasteiger partial charge in [-0.2, -0.15) is 0 Å². The molecule has 2 aromatic carbocycles. The standard InChI is InChI=1S/C21H16N4O4S/c1-13-7-8-15(17(9-13)25(28)29)23-19(26)11-24-12-22-16-10-18(30-20(16)21(24)27)14-5-3-2-4-6-14/h2-10,12H,11H2,1H3,(H,23,26).